The number of carbonyl (C=O) groups is 1. The first-order valence-electron chi connectivity index (χ1n) is 12.8. The van der Waals surface area contributed by atoms with E-state index in [1.165, 1.54) is 12.1 Å². The Morgan fingerprint density at radius 1 is 1.13 bits per heavy atom. The van der Waals surface area contributed by atoms with Crippen molar-refractivity contribution in [2.45, 2.75) is 83.5 Å². The van der Waals surface area contributed by atoms with Gasteiger partial charge in [-0.1, -0.05) is 38.1 Å². The van der Waals surface area contributed by atoms with Gasteiger partial charge in [0.05, 0.1) is 37.1 Å². The second-order valence-corrected chi connectivity index (χ2v) is 10.8. The fourth-order valence-corrected chi connectivity index (χ4v) is 4.97. The summed E-state index contributed by atoms with van der Waals surface area (Å²) in [6.07, 6.45) is -1.40. The van der Waals surface area contributed by atoms with Crippen LogP contribution in [0.2, 0.25) is 0 Å². The van der Waals surface area contributed by atoms with Crippen LogP contribution >= 0.6 is 0 Å². The van der Waals surface area contributed by atoms with Crippen LogP contribution in [-0.4, -0.2) is 42.2 Å². The van der Waals surface area contributed by atoms with Crippen molar-refractivity contribution in [1.82, 2.24) is 5.32 Å². The van der Waals surface area contributed by atoms with E-state index in [9.17, 15) is 18.8 Å². The van der Waals surface area contributed by atoms with E-state index in [0.717, 1.165) is 6.07 Å². The number of rotatable bonds is 9. The summed E-state index contributed by atoms with van der Waals surface area (Å²) in [6.45, 7) is 7.88. The molecule has 38 heavy (non-hydrogen) atoms. The number of nitrogens with one attached hydrogen (secondary N) is 1. The van der Waals surface area contributed by atoms with Gasteiger partial charge in [-0.15, -0.1) is 0 Å². The van der Waals surface area contributed by atoms with E-state index in [4.69, 9.17) is 18.9 Å². The quantitative estimate of drug-likeness (QED) is 0.505. The Balaban J connectivity index is 1.63. The largest absolute Gasteiger partial charge is 0.370 e. The van der Waals surface area contributed by atoms with Gasteiger partial charge >= 0.3 is 0 Å². The molecule has 1 heterocycles. The Kier molecular flexibility index (Phi) is 8.48. The maximum Gasteiger partial charge on any atom is 0.252 e. The lowest BCUT2D eigenvalue weighted by molar-refractivity contribution is -0.183. The summed E-state index contributed by atoms with van der Waals surface area (Å²) in [6, 6.07) is 12.5. The molecule has 204 valence electrons. The summed E-state index contributed by atoms with van der Waals surface area (Å²) in [7, 11) is 0. The number of ether oxygens (including phenoxy) is 4. The van der Waals surface area contributed by atoms with Crippen LogP contribution in [0, 0.1) is 28.9 Å². The lowest BCUT2D eigenvalue weighted by Gasteiger charge is -2.43. The minimum absolute atomic E-state index is 0.0276. The minimum Gasteiger partial charge on any atom is -0.370 e. The molecule has 0 bridgehead atoms. The summed E-state index contributed by atoms with van der Waals surface area (Å²) < 4.78 is 52.6. The molecule has 4 atom stereocenters. The van der Waals surface area contributed by atoms with Gasteiger partial charge in [0.25, 0.3) is 5.91 Å². The summed E-state index contributed by atoms with van der Waals surface area (Å²) >= 11 is 0. The molecule has 4 rings (SSSR count). The molecule has 0 aromatic heterocycles. The van der Waals surface area contributed by atoms with Crippen molar-refractivity contribution >= 4 is 5.91 Å². The Morgan fingerprint density at radius 2 is 1.89 bits per heavy atom. The first kappa shape index (κ1) is 28.1. The third kappa shape index (κ3) is 6.38. The molecular weight excluding hydrogens is 494 g/mol. The van der Waals surface area contributed by atoms with Crippen LogP contribution in [0.3, 0.4) is 0 Å². The zero-order valence-corrected chi connectivity index (χ0v) is 22.1. The highest BCUT2D eigenvalue weighted by Crippen LogP contribution is 2.44. The molecule has 2 aromatic carbocycles. The van der Waals surface area contributed by atoms with Crippen molar-refractivity contribution in [1.29, 1.82) is 5.26 Å². The molecule has 1 aliphatic carbocycles. The monoisotopic (exact) mass is 528 g/mol. The third-order valence-corrected chi connectivity index (χ3v) is 6.84. The van der Waals surface area contributed by atoms with E-state index in [-0.39, 0.29) is 43.4 Å². The molecule has 2 aromatic rings. The lowest BCUT2D eigenvalue weighted by atomic mass is 9.78. The smallest absolute Gasteiger partial charge is 0.252 e. The molecular formula is C29H34F2N2O5. The number of halogens is 2. The fourth-order valence-electron chi connectivity index (χ4n) is 4.97. The second kappa shape index (κ2) is 11.5. The van der Waals surface area contributed by atoms with E-state index < -0.39 is 41.3 Å². The molecule has 0 unspecified atom stereocenters. The predicted octanol–water partition coefficient (Wildman–Crippen LogP) is 4.76. The highest BCUT2D eigenvalue weighted by atomic mass is 19.1. The van der Waals surface area contributed by atoms with Crippen LogP contribution in [0.1, 0.15) is 57.2 Å². The molecule has 1 amide bonds. The standard InChI is InChI=1S/C29H34F2N2O5/c1-18(2)15-33-27(34)29(36-17-20-8-6-5-7-19(20)14-32)12-24(26-25(13-29)37-28(3,4)38-26)35-16-21-9-10-22(30)11-23(21)31/h5-11,18,24-26H,12-13,15-17H2,1-4H3,(H,33,34)/t24-,25-,26+,29-/m1/s1. The van der Waals surface area contributed by atoms with Gasteiger partial charge in [-0.05, 0) is 37.5 Å². The number of carbonyl (C=O) groups excluding carboxylic acids is 1. The zero-order valence-electron chi connectivity index (χ0n) is 22.1. The highest BCUT2D eigenvalue weighted by molar-refractivity contribution is 5.85. The lowest BCUT2D eigenvalue weighted by Crippen LogP contribution is -2.60. The second-order valence-electron chi connectivity index (χ2n) is 10.8. The van der Waals surface area contributed by atoms with E-state index in [2.05, 4.69) is 11.4 Å². The van der Waals surface area contributed by atoms with Crippen LogP contribution in [0.15, 0.2) is 42.5 Å². The summed E-state index contributed by atoms with van der Waals surface area (Å²) in [5.41, 5.74) is -0.0533. The van der Waals surface area contributed by atoms with Crippen LogP contribution in [0.4, 0.5) is 8.78 Å². The Hall–Kier alpha value is -2.90. The van der Waals surface area contributed by atoms with Crippen LogP contribution < -0.4 is 5.32 Å². The van der Waals surface area contributed by atoms with Gasteiger partial charge in [0.1, 0.15) is 17.7 Å². The van der Waals surface area contributed by atoms with E-state index >= 15 is 0 Å². The fraction of sp³-hybridized carbons (Fsp3) is 0.517. The molecule has 2 fully saturated rings. The predicted molar refractivity (Wildman–Crippen MR) is 135 cm³/mol. The SMILES string of the molecule is CC(C)CNC(=O)[C@@]1(OCc2ccccc2C#N)C[C@@H](OCc2ccc(F)cc2F)[C@@H]2OC(C)(C)O[C@@H]2C1. The van der Waals surface area contributed by atoms with Crippen molar-refractivity contribution in [3.05, 3.63) is 70.8 Å². The van der Waals surface area contributed by atoms with Crippen molar-refractivity contribution in [2.24, 2.45) is 5.92 Å². The number of nitrogens with zero attached hydrogens (tertiary/aromatic N) is 1. The average molecular weight is 529 g/mol. The first-order valence-corrected chi connectivity index (χ1v) is 12.8. The normalized spacial score (nSPS) is 26.1. The van der Waals surface area contributed by atoms with Crippen LogP contribution in [0.25, 0.3) is 0 Å². The van der Waals surface area contributed by atoms with Crippen molar-refractivity contribution in [2.75, 3.05) is 6.54 Å². The summed E-state index contributed by atoms with van der Waals surface area (Å²) in [4.78, 5) is 13.7. The van der Waals surface area contributed by atoms with Crippen LogP contribution in [-0.2, 0) is 37.0 Å². The average Bonchev–Trinajstić information content (AvgIpc) is 3.19. The number of fused-ring (bicyclic) bond motifs is 1. The molecule has 1 N–H and O–H groups in total. The number of benzene rings is 2. The Bertz CT molecular complexity index is 1200. The Labute approximate surface area is 222 Å². The molecule has 0 radical (unpaired) electrons. The van der Waals surface area contributed by atoms with Gasteiger partial charge in [0.2, 0.25) is 0 Å². The number of hydrogen-bond acceptors (Lipinski definition) is 6. The molecule has 1 saturated heterocycles. The van der Waals surface area contributed by atoms with Gasteiger partial charge in [-0.2, -0.15) is 5.26 Å². The Morgan fingerprint density at radius 3 is 2.61 bits per heavy atom. The first-order chi connectivity index (χ1) is 18.0. The maximum absolute atomic E-state index is 14.3. The van der Waals surface area contributed by atoms with Gasteiger partial charge in [-0.3, -0.25) is 4.79 Å². The molecule has 9 heteroatoms. The summed E-state index contributed by atoms with van der Waals surface area (Å²) in [5, 5.41) is 12.5. The van der Waals surface area contributed by atoms with Gasteiger partial charge < -0.3 is 24.3 Å². The van der Waals surface area contributed by atoms with E-state index in [1.807, 2.05) is 19.9 Å². The number of hydrogen-bond donors (Lipinski definition) is 1. The number of nitriles is 1. The van der Waals surface area contributed by atoms with Crippen molar-refractivity contribution in [3.63, 3.8) is 0 Å². The molecule has 2 aliphatic rings. The van der Waals surface area contributed by atoms with Crippen LogP contribution in [0.5, 0.6) is 0 Å². The number of amides is 1. The third-order valence-electron chi connectivity index (χ3n) is 6.84. The zero-order chi connectivity index (χ0) is 27.5. The van der Waals surface area contributed by atoms with Crippen molar-refractivity contribution in [3.8, 4) is 6.07 Å². The molecule has 7 nitrogen and oxygen atoms in total. The van der Waals surface area contributed by atoms with Gasteiger partial charge in [-0.25, -0.2) is 8.78 Å². The van der Waals surface area contributed by atoms with Crippen molar-refractivity contribution < 1.29 is 32.5 Å². The highest BCUT2D eigenvalue weighted by Gasteiger charge is 2.58. The van der Waals surface area contributed by atoms with E-state index in [0.29, 0.717) is 17.7 Å². The minimum atomic E-state index is -1.35. The molecule has 1 saturated carbocycles. The summed E-state index contributed by atoms with van der Waals surface area (Å²) in [5.74, 6) is -2.41. The van der Waals surface area contributed by atoms with Gasteiger partial charge in [0.15, 0.2) is 11.4 Å². The maximum atomic E-state index is 14.3. The topological polar surface area (TPSA) is 89.8 Å². The van der Waals surface area contributed by atoms with Gasteiger partial charge in [0, 0.05) is 31.0 Å². The molecule has 1 aliphatic heterocycles. The van der Waals surface area contributed by atoms with E-state index in [1.54, 1.807) is 32.0 Å². The molecule has 0 spiro atoms.